The summed E-state index contributed by atoms with van der Waals surface area (Å²) in [4.78, 5) is -0.0465. The normalized spacial score (nSPS) is 24.5. The summed E-state index contributed by atoms with van der Waals surface area (Å²) >= 11 is 0. The number of nitrogens with two attached hydrogens (primary N) is 2. The Bertz CT molecular complexity index is 1060. The Kier molecular flexibility index (Phi) is 5.02. The van der Waals surface area contributed by atoms with Crippen molar-refractivity contribution >= 4 is 15.9 Å². The number of hydrogen-bond donors (Lipinski definition) is 7. The minimum atomic E-state index is -3.98. The highest BCUT2D eigenvalue weighted by atomic mass is 32.2. The standard InChI is InChI=1S/C18H23N7O3S/c19-15-10-21-9-8-18(15,26)12-6-4-11(5-7-12)13-2-1-3-14(29(20,27)28)16(13)17-22-24-25-23-17/h1-7,15,21,24-26H,8-10,19H2,(H,22,23)(H2,20,27,28). The molecule has 2 unspecified atom stereocenters. The first-order chi connectivity index (χ1) is 13.8. The zero-order valence-corrected chi connectivity index (χ0v) is 16.3. The number of hydrazine groups is 2. The van der Waals surface area contributed by atoms with Crippen molar-refractivity contribution in [1.82, 2.24) is 21.8 Å². The molecule has 2 aromatic rings. The molecule has 0 spiro atoms. The number of sulfonamides is 1. The molecule has 2 heterocycles. The van der Waals surface area contributed by atoms with E-state index >= 15 is 0 Å². The van der Waals surface area contributed by atoms with Crippen LogP contribution in [0.4, 0.5) is 0 Å². The molecular formula is C18H23N7O3S. The van der Waals surface area contributed by atoms with Crippen molar-refractivity contribution in [3.05, 3.63) is 53.6 Å². The fraction of sp³-hybridized carbons (Fsp3) is 0.278. The van der Waals surface area contributed by atoms with Gasteiger partial charge in [0.1, 0.15) is 5.60 Å². The molecule has 0 bridgehead atoms. The quantitative estimate of drug-likeness (QED) is 0.325. The number of hydrazone groups is 1. The lowest BCUT2D eigenvalue weighted by Gasteiger charge is -2.38. The maximum atomic E-state index is 12.1. The third-order valence-electron chi connectivity index (χ3n) is 5.33. The topological polar surface area (TPSA) is 167 Å². The monoisotopic (exact) mass is 417 g/mol. The van der Waals surface area contributed by atoms with Crippen LogP contribution < -0.4 is 32.7 Å². The minimum Gasteiger partial charge on any atom is -0.383 e. The Morgan fingerprint density at radius 3 is 2.55 bits per heavy atom. The molecule has 154 valence electrons. The largest absolute Gasteiger partial charge is 0.383 e. The number of primary sulfonamides is 1. The second-order valence-corrected chi connectivity index (χ2v) is 8.64. The van der Waals surface area contributed by atoms with Gasteiger partial charge in [0.15, 0.2) is 5.84 Å². The first-order valence-corrected chi connectivity index (χ1v) is 10.6. The number of piperidine rings is 1. The molecule has 1 saturated heterocycles. The zero-order chi connectivity index (χ0) is 20.6. The average Bonchev–Trinajstić information content (AvgIpc) is 3.24. The molecule has 10 nitrogen and oxygen atoms in total. The summed E-state index contributed by atoms with van der Waals surface area (Å²) in [5.74, 6) is 0.299. The van der Waals surface area contributed by atoms with E-state index in [0.29, 0.717) is 36.5 Å². The van der Waals surface area contributed by atoms with Crippen LogP contribution in [-0.4, -0.2) is 38.5 Å². The Labute approximate surface area is 168 Å². The highest BCUT2D eigenvalue weighted by molar-refractivity contribution is 7.89. The van der Waals surface area contributed by atoms with Gasteiger partial charge in [0, 0.05) is 12.1 Å². The number of nitrogens with zero attached hydrogens (tertiary/aromatic N) is 1. The molecule has 2 aliphatic rings. The number of rotatable bonds is 4. The van der Waals surface area contributed by atoms with Crippen LogP contribution in [0.3, 0.4) is 0 Å². The number of benzene rings is 2. The lowest BCUT2D eigenvalue weighted by Crippen LogP contribution is -2.56. The molecule has 0 radical (unpaired) electrons. The summed E-state index contributed by atoms with van der Waals surface area (Å²) in [7, 11) is -3.98. The van der Waals surface area contributed by atoms with E-state index in [1.165, 1.54) is 6.07 Å². The highest BCUT2D eigenvalue weighted by Gasteiger charge is 2.38. The van der Waals surface area contributed by atoms with Gasteiger partial charge in [-0.15, -0.1) is 10.6 Å². The molecule has 11 heteroatoms. The molecule has 1 fully saturated rings. The number of amidine groups is 1. The Hall–Kier alpha value is -2.54. The van der Waals surface area contributed by atoms with Crippen molar-refractivity contribution < 1.29 is 13.5 Å². The molecule has 0 amide bonds. The van der Waals surface area contributed by atoms with Crippen molar-refractivity contribution in [2.45, 2.75) is 23.0 Å². The predicted molar refractivity (Wildman–Crippen MR) is 109 cm³/mol. The smallest absolute Gasteiger partial charge is 0.238 e. The first-order valence-electron chi connectivity index (χ1n) is 9.10. The van der Waals surface area contributed by atoms with Crippen molar-refractivity contribution in [1.29, 1.82) is 0 Å². The maximum absolute atomic E-state index is 12.1. The lowest BCUT2D eigenvalue weighted by molar-refractivity contribution is -0.0123. The fourth-order valence-electron chi connectivity index (χ4n) is 3.76. The summed E-state index contributed by atoms with van der Waals surface area (Å²) in [5, 5.41) is 23.7. The van der Waals surface area contributed by atoms with E-state index in [1.807, 2.05) is 24.3 Å². The van der Waals surface area contributed by atoms with Gasteiger partial charge >= 0.3 is 0 Å². The van der Waals surface area contributed by atoms with Gasteiger partial charge in [-0.3, -0.25) is 5.43 Å². The van der Waals surface area contributed by atoms with Gasteiger partial charge in [0.05, 0.1) is 10.9 Å². The number of hydrogen-bond acceptors (Lipinski definition) is 9. The van der Waals surface area contributed by atoms with Crippen LogP contribution >= 0.6 is 0 Å². The number of nitrogens with one attached hydrogen (secondary N) is 4. The third kappa shape index (κ3) is 3.59. The Morgan fingerprint density at radius 2 is 1.93 bits per heavy atom. The average molecular weight is 417 g/mol. The minimum absolute atomic E-state index is 0.0465. The second-order valence-electron chi connectivity index (χ2n) is 7.11. The van der Waals surface area contributed by atoms with Crippen LogP contribution in [-0.2, 0) is 15.6 Å². The van der Waals surface area contributed by atoms with Crippen molar-refractivity contribution in [2.75, 3.05) is 13.1 Å². The fourth-order valence-corrected chi connectivity index (χ4v) is 4.52. The van der Waals surface area contributed by atoms with Gasteiger partial charge in [-0.25, -0.2) is 19.1 Å². The van der Waals surface area contributed by atoms with Crippen LogP contribution in [0.5, 0.6) is 0 Å². The SMILES string of the molecule is NC1CNCCC1(O)c1ccc(-c2cccc(S(N)(=O)=O)c2C2=NNNN2)cc1. The zero-order valence-electron chi connectivity index (χ0n) is 15.5. The van der Waals surface area contributed by atoms with Gasteiger partial charge in [0.2, 0.25) is 10.0 Å². The van der Waals surface area contributed by atoms with E-state index in [9.17, 15) is 13.5 Å². The summed E-state index contributed by atoms with van der Waals surface area (Å²) in [5.41, 5.74) is 15.4. The molecule has 0 aliphatic carbocycles. The van der Waals surface area contributed by atoms with Crippen LogP contribution in [0.15, 0.2) is 52.5 Å². The first kappa shape index (κ1) is 19.8. The molecule has 2 atom stereocenters. The van der Waals surface area contributed by atoms with Crippen LogP contribution in [0, 0.1) is 0 Å². The van der Waals surface area contributed by atoms with Gasteiger partial charge in [-0.1, -0.05) is 36.4 Å². The molecule has 2 aliphatic heterocycles. The predicted octanol–water partition coefficient (Wildman–Crippen LogP) is -1.22. The van der Waals surface area contributed by atoms with E-state index in [-0.39, 0.29) is 4.90 Å². The van der Waals surface area contributed by atoms with Crippen molar-refractivity contribution in [2.24, 2.45) is 16.0 Å². The van der Waals surface area contributed by atoms with Crippen molar-refractivity contribution in [3.8, 4) is 11.1 Å². The van der Waals surface area contributed by atoms with E-state index < -0.39 is 21.7 Å². The van der Waals surface area contributed by atoms with E-state index in [1.54, 1.807) is 12.1 Å². The van der Waals surface area contributed by atoms with Gasteiger partial charge in [-0.2, -0.15) is 0 Å². The molecule has 4 rings (SSSR count). The molecular weight excluding hydrogens is 394 g/mol. The van der Waals surface area contributed by atoms with Crippen LogP contribution in [0.2, 0.25) is 0 Å². The Balaban J connectivity index is 1.79. The number of aliphatic hydroxyl groups is 1. The summed E-state index contributed by atoms with van der Waals surface area (Å²) in [6.07, 6.45) is 0.512. The molecule has 9 N–H and O–H groups in total. The van der Waals surface area contributed by atoms with Crippen LogP contribution in [0.25, 0.3) is 11.1 Å². The van der Waals surface area contributed by atoms with Crippen LogP contribution in [0.1, 0.15) is 17.5 Å². The lowest BCUT2D eigenvalue weighted by atomic mass is 9.81. The van der Waals surface area contributed by atoms with Gasteiger partial charge in [-0.05, 0) is 35.7 Å². The molecule has 0 saturated carbocycles. The van der Waals surface area contributed by atoms with E-state index in [4.69, 9.17) is 10.9 Å². The third-order valence-corrected chi connectivity index (χ3v) is 6.28. The molecule has 2 aromatic carbocycles. The second kappa shape index (κ2) is 7.37. The summed E-state index contributed by atoms with van der Waals surface area (Å²) < 4.78 is 24.3. The van der Waals surface area contributed by atoms with E-state index in [0.717, 1.165) is 11.1 Å². The van der Waals surface area contributed by atoms with E-state index in [2.05, 4.69) is 26.9 Å². The molecule has 29 heavy (non-hydrogen) atoms. The maximum Gasteiger partial charge on any atom is 0.238 e. The highest BCUT2D eigenvalue weighted by Crippen LogP contribution is 2.33. The Morgan fingerprint density at radius 1 is 1.17 bits per heavy atom. The summed E-state index contributed by atoms with van der Waals surface area (Å²) in [6, 6.07) is 11.7. The van der Waals surface area contributed by atoms with Gasteiger partial charge < -0.3 is 16.2 Å². The van der Waals surface area contributed by atoms with Gasteiger partial charge in [0.25, 0.3) is 0 Å². The summed E-state index contributed by atoms with van der Waals surface area (Å²) in [6.45, 7) is 1.21. The van der Waals surface area contributed by atoms with Crippen molar-refractivity contribution in [3.63, 3.8) is 0 Å². The molecule has 0 aromatic heterocycles.